The molecule has 1 N–H and O–H groups in total. The molecule has 0 aliphatic rings. The summed E-state index contributed by atoms with van der Waals surface area (Å²) in [6, 6.07) is 1.83. The van der Waals surface area contributed by atoms with E-state index in [1.54, 1.807) is 13.8 Å². The van der Waals surface area contributed by atoms with Gasteiger partial charge in [0.05, 0.1) is 6.61 Å². The largest absolute Gasteiger partial charge is 0.499 e. The van der Waals surface area contributed by atoms with Crippen LogP contribution in [0.1, 0.15) is 27.7 Å². The molecular weight excluding hydrogens is 202 g/mol. The lowest BCUT2D eigenvalue weighted by molar-refractivity contribution is 0.0531. The van der Waals surface area contributed by atoms with Crippen molar-refractivity contribution in [2.75, 3.05) is 6.61 Å². The average molecular weight is 211 g/mol. The summed E-state index contributed by atoms with van der Waals surface area (Å²) in [4.78, 5) is 11.6. The van der Waals surface area contributed by atoms with Gasteiger partial charge in [-0.25, -0.2) is 4.79 Å². The first-order chi connectivity index (χ1) is 6.61. The summed E-state index contributed by atoms with van der Waals surface area (Å²) >= 11 is 0.872. The number of hydrogen-bond donors (Lipinski definition) is 1. The molecule has 74 valence electrons. The summed E-state index contributed by atoms with van der Waals surface area (Å²) in [5.74, 6) is -0.494. The van der Waals surface area contributed by atoms with E-state index >= 15 is 0 Å². The minimum Gasteiger partial charge on any atom is -0.499 e. The molecule has 0 unspecified atom stereocenters. The van der Waals surface area contributed by atoms with Crippen LogP contribution in [0.2, 0.25) is 0 Å². The topological polar surface area (TPSA) is 70.3 Å². The molecule has 1 heterocycles. The van der Waals surface area contributed by atoms with Gasteiger partial charge in [-0.3, -0.25) is 0 Å². The summed E-state index contributed by atoms with van der Waals surface area (Å²) in [7, 11) is 0. The number of hydrogen-bond acceptors (Lipinski definition) is 5. The van der Waals surface area contributed by atoms with Crippen molar-refractivity contribution in [3.8, 4) is 11.1 Å². The summed E-state index contributed by atoms with van der Waals surface area (Å²) in [5, 5.41) is 17.9. The zero-order chi connectivity index (χ0) is 10.7. The van der Waals surface area contributed by atoms with Crippen LogP contribution in [0.4, 0.5) is 0 Å². The monoisotopic (exact) mass is 211 g/mol. The first kappa shape index (κ1) is 10.5. The van der Waals surface area contributed by atoms with Gasteiger partial charge >= 0.3 is 5.97 Å². The fourth-order valence-electron chi connectivity index (χ4n) is 1.02. The highest BCUT2D eigenvalue weighted by Crippen LogP contribution is 2.33. The van der Waals surface area contributed by atoms with Gasteiger partial charge in [-0.1, -0.05) is 11.3 Å². The van der Waals surface area contributed by atoms with Gasteiger partial charge in [-0.2, -0.15) is 5.26 Å². The van der Waals surface area contributed by atoms with Crippen LogP contribution >= 0.6 is 11.3 Å². The van der Waals surface area contributed by atoms with Crippen molar-refractivity contribution < 1.29 is 14.6 Å². The van der Waals surface area contributed by atoms with E-state index in [1.807, 2.05) is 6.07 Å². The lowest BCUT2D eigenvalue weighted by Crippen LogP contribution is -2.03. The lowest BCUT2D eigenvalue weighted by Gasteiger charge is -1.98. The quantitative estimate of drug-likeness (QED) is 0.757. The molecule has 1 rings (SSSR count). The summed E-state index contributed by atoms with van der Waals surface area (Å²) in [5.41, 5.74) is 0.631. The molecule has 0 aliphatic heterocycles. The molecule has 1 aromatic heterocycles. The third kappa shape index (κ3) is 1.70. The molecule has 0 aromatic carbocycles. The van der Waals surface area contributed by atoms with Crippen LogP contribution in [0.5, 0.6) is 5.06 Å². The molecule has 0 saturated carbocycles. The van der Waals surface area contributed by atoms with Crippen molar-refractivity contribution in [1.82, 2.24) is 0 Å². The van der Waals surface area contributed by atoms with Gasteiger partial charge in [0, 0.05) is 0 Å². The minimum absolute atomic E-state index is 0.131. The summed E-state index contributed by atoms with van der Waals surface area (Å²) in [6.45, 7) is 3.59. The lowest BCUT2D eigenvalue weighted by atomic mass is 10.2. The Morgan fingerprint density at radius 2 is 2.36 bits per heavy atom. The Labute approximate surface area is 85.4 Å². The van der Waals surface area contributed by atoms with Crippen LogP contribution in [-0.2, 0) is 4.74 Å². The second-order valence-corrected chi connectivity index (χ2v) is 3.57. The Kier molecular flexibility index (Phi) is 3.10. The van der Waals surface area contributed by atoms with E-state index in [0.717, 1.165) is 11.3 Å². The maximum atomic E-state index is 11.3. The van der Waals surface area contributed by atoms with Crippen molar-refractivity contribution in [3.05, 3.63) is 16.0 Å². The first-order valence-corrected chi connectivity index (χ1v) is 4.83. The average Bonchev–Trinajstić information content (AvgIpc) is 2.42. The van der Waals surface area contributed by atoms with E-state index in [2.05, 4.69) is 0 Å². The Balaban J connectivity index is 3.13. The molecule has 14 heavy (non-hydrogen) atoms. The number of nitrogens with zero attached hydrogens (tertiary/aromatic N) is 1. The predicted molar refractivity (Wildman–Crippen MR) is 51.4 cm³/mol. The van der Waals surface area contributed by atoms with Gasteiger partial charge in [0.1, 0.15) is 16.5 Å². The zero-order valence-corrected chi connectivity index (χ0v) is 8.64. The van der Waals surface area contributed by atoms with Crippen LogP contribution in [0.25, 0.3) is 0 Å². The summed E-state index contributed by atoms with van der Waals surface area (Å²) in [6.07, 6.45) is 0. The van der Waals surface area contributed by atoms with Gasteiger partial charge in [-0.05, 0) is 19.4 Å². The molecule has 1 aromatic rings. The SMILES string of the molecule is CCOC(=O)c1sc(O)c(C#N)c1C. The standard InChI is InChI=1S/C9H9NO3S/c1-3-13-8(11)7-5(2)6(4-10)9(12)14-7/h12H,3H2,1-2H3. The predicted octanol–water partition coefficient (Wildman–Crippen LogP) is 1.81. The molecule has 5 heteroatoms. The Hall–Kier alpha value is -1.54. The van der Waals surface area contributed by atoms with E-state index < -0.39 is 5.97 Å². The fraction of sp³-hybridized carbons (Fsp3) is 0.333. The van der Waals surface area contributed by atoms with E-state index in [-0.39, 0.29) is 17.2 Å². The smallest absolute Gasteiger partial charge is 0.348 e. The third-order valence-electron chi connectivity index (χ3n) is 1.70. The third-order valence-corrected chi connectivity index (χ3v) is 2.78. The van der Waals surface area contributed by atoms with E-state index in [4.69, 9.17) is 10.00 Å². The first-order valence-electron chi connectivity index (χ1n) is 4.01. The molecule has 0 amide bonds. The second kappa shape index (κ2) is 4.11. The van der Waals surface area contributed by atoms with Crippen LogP contribution in [0.15, 0.2) is 0 Å². The number of nitriles is 1. The maximum Gasteiger partial charge on any atom is 0.348 e. The molecule has 0 aliphatic carbocycles. The van der Waals surface area contributed by atoms with Crippen molar-refractivity contribution in [1.29, 1.82) is 5.26 Å². The molecule has 0 fully saturated rings. The van der Waals surface area contributed by atoms with Gasteiger partial charge in [-0.15, -0.1) is 0 Å². The second-order valence-electron chi connectivity index (χ2n) is 2.57. The van der Waals surface area contributed by atoms with E-state index in [1.165, 1.54) is 0 Å². The van der Waals surface area contributed by atoms with Crippen LogP contribution in [0, 0.1) is 18.3 Å². The van der Waals surface area contributed by atoms with Gasteiger partial charge in [0.25, 0.3) is 0 Å². The molecule has 0 radical (unpaired) electrons. The number of rotatable bonds is 2. The van der Waals surface area contributed by atoms with Crippen molar-refractivity contribution in [2.24, 2.45) is 0 Å². The minimum atomic E-state index is -0.494. The van der Waals surface area contributed by atoms with E-state index in [9.17, 15) is 9.90 Å². The fourth-order valence-corrected chi connectivity index (χ4v) is 1.91. The van der Waals surface area contributed by atoms with Gasteiger partial charge in [0.2, 0.25) is 0 Å². The van der Waals surface area contributed by atoms with Crippen molar-refractivity contribution >= 4 is 17.3 Å². The number of ether oxygens (including phenoxy) is 1. The Morgan fingerprint density at radius 1 is 1.71 bits per heavy atom. The van der Waals surface area contributed by atoms with Gasteiger partial charge < -0.3 is 9.84 Å². The highest BCUT2D eigenvalue weighted by molar-refractivity contribution is 7.16. The van der Waals surface area contributed by atoms with E-state index in [0.29, 0.717) is 10.4 Å². The van der Waals surface area contributed by atoms with Crippen LogP contribution in [-0.4, -0.2) is 17.7 Å². The number of carbonyl (C=O) groups is 1. The van der Waals surface area contributed by atoms with Crippen molar-refractivity contribution in [2.45, 2.75) is 13.8 Å². The molecular formula is C9H9NO3S. The Bertz CT molecular complexity index is 403. The number of aromatic hydroxyl groups is 1. The van der Waals surface area contributed by atoms with Gasteiger partial charge in [0.15, 0.2) is 5.06 Å². The number of thiophene rings is 1. The number of esters is 1. The van der Waals surface area contributed by atoms with Crippen LogP contribution < -0.4 is 0 Å². The van der Waals surface area contributed by atoms with Crippen molar-refractivity contribution in [3.63, 3.8) is 0 Å². The number of carbonyl (C=O) groups excluding carboxylic acids is 1. The molecule has 0 saturated heterocycles. The molecule has 0 atom stereocenters. The van der Waals surface area contributed by atoms with Crippen LogP contribution in [0.3, 0.4) is 0 Å². The molecule has 4 nitrogen and oxygen atoms in total. The molecule has 0 bridgehead atoms. The highest BCUT2D eigenvalue weighted by atomic mass is 32.1. The zero-order valence-electron chi connectivity index (χ0n) is 7.83. The maximum absolute atomic E-state index is 11.3. The Morgan fingerprint density at radius 3 is 2.79 bits per heavy atom. The summed E-state index contributed by atoms with van der Waals surface area (Å²) < 4.78 is 4.77. The molecule has 0 spiro atoms. The normalized spacial score (nSPS) is 9.50. The highest BCUT2D eigenvalue weighted by Gasteiger charge is 2.20.